The SMILES string of the molecule is CC(C)(C(O)Cc1ccccc1)C(c1ccccc1)c1ccc(Nc2ccc(F)cc2)c(C=N)c1. The molecule has 35 heavy (non-hydrogen) atoms. The highest BCUT2D eigenvalue weighted by atomic mass is 19.1. The lowest BCUT2D eigenvalue weighted by Crippen LogP contribution is -2.37. The number of anilines is 2. The molecular formula is C31H31FN2O. The molecule has 4 aromatic carbocycles. The summed E-state index contributed by atoms with van der Waals surface area (Å²) in [7, 11) is 0. The Morgan fingerprint density at radius 2 is 1.49 bits per heavy atom. The van der Waals surface area contributed by atoms with Gasteiger partial charge in [-0.3, -0.25) is 0 Å². The van der Waals surface area contributed by atoms with Gasteiger partial charge in [0.25, 0.3) is 0 Å². The largest absolute Gasteiger partial charge is 0.392 e. The molecule has 0 radical (unpaired) electrons. The van der Waals surface area contributed by atoms with Crippen LogP contribution < -0.4 is 5.32 Å². The van der Waals surface area contributed by atoms with E-state index in [0.29, 0.717) is 6.42 Å². The number of rotatable bonds is 9. The summed E-state index contributed by atoms with van der Waals surface area (Å²) >= 11 is 0. The zero-order chi connectivity index (χ0) is 24.8. The summed E-state index contributed by atoms with van der Waals surface area (Å²) in [4.78, 5) is 0. The molecule has 3 nitrogen and oxygen atoms in total. The molecule has 0 aromatic heterocycles. The Hall–Kier alpha value is -3.76. The molecule has 0 aliphatic rings. The number of hydrogen-bond donors (Lipinski definition) is 3. The van der Waals surface area contributed by atoms with Crippen LogP contribution in [-0.4, -0.2) is 17.4 Å². The fraction of sp³-hybridized carbons (Fsp3) is 0.194. The van der Waals surface area contributed by atoms with Gasteiger partial charge in [0.2, 0.25) is 0 Å². The van der Waals surface area contributed by atoms with E-state index >= 15 is 0 Å². The van der Waals surface area contributed by atoms with Gasteiger partial charge in [-0.05, 0) is 59.5 Å². The van der Waals surface area contributed by atoms with Crippen molar-refractivity contribution in [2.24, 2.45) is 5.41 Å². The van der Waals surface area contributed by atoms with Crippen molar-refractivity contribution in [3.8, 4) is 0 Å². The monoisotopic (exact) mass is 466 g/mol. The van der Waals surface area contributed by atoms with Crippen LogP contribution in [0.5, 0.6) is 0 Å². The van der Waals surface area contributed by atoms with Crippen molar-refractivity contribution < 1.29 is 9.50 Å². The lowest BCUT2D eigenvalue weighted by Gasteiger charge is -2.39. The second-order valence-electron chi connectivity index (χ2n) is 9.49. The molecule has 178 valence electrons. The van der Waals surface area contributed by atoms with Gasteiger partial charge < -0.3 is 15.8 Å². The van der Waals surface area contributed by atoms with E-state index in [1.807, 2.05) is 66.7 Å². The van der Waals surface area contributed by atoms with Crippen LogP contribution in [-0.2, 0) is 6.42 Å². The van der Waals surface area contributed by atoms with Crippen LogP contribution in [0, 0.1) is 16.6 Å². The quantitative estimate of drug-likeness (QED) is 0.226. The van der Waals surface area contributed by atoms with Crippen molar-refractivity contribution in [2.75, 3.05) is 5.32 Å². The maximum absolute atomic E-state index is 13.3. The summed E-state index contributed by atoms with van der Waals surface area (Å²) in [6.45, 7) is 4.21. The summed E-state index contributed by atoms with van der Waals surface area (Å²) in [6.07, 6.45) is 1.29. The van der Waals surface area contributed by atoms with Gasteiger partial charge >= 0.3 is 0 Å². The van der Waals surface area contributed by atoms with Crippen LogP contribution in [0.2, 0.25) is 0 Å². The first kappa shape index (κ1) is 24.4. The summed E-state index contributed by atoms with van der Waals surface area (Å²) in [5.74, 6) is -0.388. The number of hydrogen-bond acceptors (Lipinski definition) is 3. The van der Waals surface area contributed by atoms with E-state index in [4.69, 9.17) is 5.41 Å². The van der Waals surface area contributed by atoms with Gasteiger partial charge in [0.1, 0.15) is 5.82 Å². The zero-order valence-corrected chi connectivity index (χ0v) is 20.1. The number of benzene rings is 4. The molecule has 0 heterocycles. The van der Waals surface area contributed by atoms with Crippen LogP contribution in [0.15, 0.2) is 103 Å². The smallest absolute Gasteiger partial charge is 0.123 e. The van der Waals surface area contributed by atoms with Crippen LogP contribution in [0.3, 0.4) is 0 Å². The number of aliphatic hydroxyl groups excluding tert-OH is 1. The van der Waals surface area contributed by atoms with Crippen molar-refractivity contribution in [3.05, 3.63) is 131 Å². The van der Waals surface area contributed by atoms with Crippen LogP contribution in [0.4, 0.5) is 15.8 Å². The lowest BCUT2D eigenvalue weighted by molar-refractivity contribution is 0.0389. The van der Waals surface area contributed by atoms with E-state index in [0.717, 1.165) is 33.6 Å². The van der Waals surface area contributed by atoms with Crippen molar-refractivity contribution >= 4 is 17.6 Å². The molecule has 0 spiro atoms. The third kappa shape index (κ3) is 5.67. The Kier molecular flexibility index (Phi) is 7.42. The molecule has 0 amide bonds. The van der Waals surface area contributed by atoms with E-state index in [9.17, 15) is 9.50 Å². The molecule has 4 heteroatoms. The molecule has 0 saturated heterocycles. The second kappa shape index (κ2) is 10.7. The number of halogens is 1. The van der Waals surface area contributed by atoms with Crippen molar-refractivity contribution in [2.45, 2.75) is 32.3 Å². The lowest BCUT2D eigenvalue weighted by atomic mass is 9.67. The van der Waals surface area contributed by atoms with E-state index in [1.165, 1.54) is 18.3 Å². The number of aliphatic hydroxyl groups is 1. The zero-order valence-electron chi connectivity index (χ0n) is 20.1. The van der Waals surface area contributed by atoms with Gasteiger partial charge in [-0.15, -0.1) is 0 Å². The third-order valence-electron chi connectivity index (χ3n) is 6.70. The molecular weight excluding hydrogens is 435 g/mol. The van der Waals surface area contributed by atoms with E-state index in [-0.39, 0.29) is 11.7 Å². The van der Waals surface area contributed by atoms with Gasteiger partial charge in [-0.2, -0.15) is 0 Å². The molecule has 0 saturated carbocycles. The van der Waals surface area contributed by atoms with Gasteiger partial charge in [-0.25, -0.2) is 4.39 Å². The minimum absolute atomic E-state index is 0.0963. The standard InChI is InChI=1S/C31H31FN2O/c1-31(2,29(35)19-22-9-5-3-6-10-22)30(23-11-7-4-8-12-23)24-13-18-28(25(20-24)21-33)34-27-16-14-26(32)15-17-27/h3-18,20-21,29-30,33-35H,19H2,1-2H3. The molecule has 4 aromatic rings. The molecule has 0 aliphatic heterocycles. The summed E-state index contributed by atoms with van der Waals surface area (Å²) in [6, 6.07) is 32.4. The first-order chi connectivity index (χ1) is 16.9. The van der Waals surface area contributed by atoms with Crippen LogP contribution in [0.25, 0.3) is 0 Å². The highest BCUT2D eigenvalue weighted by Gasteiger charge is 2.38. The average Bonchev–Trinajstić information content (AvgIpc) is 2.87. The summed E-state index contributed by atoms with van der Waals surface area (Å²) < 4.78 is 13.3. The fourth-order valence-corrected chi connectivity index (χ4v) is 4.67. The van der Waals surface area contributed by atoms with E-state index < -0.39 is 11.5 Å². The highest BCUT2D eigenvalue weighted by Crippen LogP contribution is 2.45. The molecule has 4 rings (SSSR count). The second-order valence-corrected chi connectivity index (χ2v) is 9.49. The van der Waals surface area contributed by atoms with Gasteiger partial charge in [0.15, 0.2) is 0 Å². The first-order valence-electron chi connectivity index (χ1n) is 11.8. The van der Waals surface area contributed by atoms with Gasteiger partial charge in [0, 0.05) is 34.5 Å². The normalized spacial score (nSPS) is 13.1. The summed E-state index contributed by atoms with van der Waals surface area (Å²) in [5, 5.41) is 22.8. The number of nitrogens with one attached hydrogen (secondary N) is 2. The van der Waals surface area contributed by atoms with Crippen molar-refractivity contribution in [3.63, 3.8) is 0 Å². The Balaban J connectivity index is 1.71. The average molecular weight is 467 g/mol. The minimum atomic E-state index is -0.587. The molecule has 3 N–H and O–H groups in total. The van der Waals surface area contributed by atoms with E-state index in [2.05, 4.69) is 31.3 Å². The van der Waals surface area contributed by atoms with E-state index in [1.54, 1.807) is 12.1 Å². The predicted octanol–water partition coefficient (Wildman–Crippen LogP) is 7.33. The molecule has 2 unspecified atom stereocenters. The fourth-order valence-electron chi connectivity index (χ4n) is 4.67. The van der Waals surface area contributed by atoms with Gasteiger partial charge in [0.05, 0.1) is 6.10 Å². The highest BCUT2D eigenvalue weighted by molar-refractivity contribution is 5.87. The maximum atomic E-state index is 13.3. The molecule has 0 aliphatic carbocycles. The molecule has 0 fully saturated rings. The Morgan fingerprint density at radius 1 is 0.857 bits per heavy atom. The first-order valence-corrected chi connectivity index (χ1v) is 11.8. The molecule has 0 bridgehead atoms. The maximum Gasteiger partial charge on any atom is 0.123 e. The Labute approximate surface area is 206 Å². The Morgan fingerprint density at radius 3 is 2.11 bits per heavy atom. The van der Waals surface area contributed by atoms with Gasteiger partial charge in [-0.1, -0.05) is 80.6 Å². The topological polar surface area (TPSA) is 56.1 Å². The third-order valence-corrected chi connectivity index (χ3v) is 6.70. The van der Waals surface area contributed by atoms with Crippen molar-refractivity contribution in [1.29, 1.82) is 5.41 Å². The predicted molar refractivity (Wildman–Crippen MR) is 142 cm³/mol. The molecule has 2 atom stereocenters. The minimum Gasteiger partial charge on any atom is -0.392 e. The summed E-state index contributed by atoms with van der Waals surface area (Å²) in [5.41, 5.74) is 4.98. The Bertz CT molecular complexity index is 1250. The van der Waals surface area contributed by atoms with Crippen LogP contribution in [0.1, 0.15) is 42.0 Å². The van der Waals surface area contributed by atoms with Crippen molar-refractivity contribution in [1.82, 2.24) is 0 Å². The van der Waals surface area contributed by atoms with Crippen LogP contribution >= 0.6 is 0 Å².